The summed E-state index contributed by atoms with van der Waals surface area (Å²) >= 11 is 6.18. The molecule has 1 aliphatic carbocycles. The van der Waals surface area contributed by atoms with Gasteiger partial charge in [0.15, 0.2) is 11.4 Å². The van der Waals surface area contributed by atoms with Gasteiger partial charge in [0.25, 0.3) is 11.5 Å². The Bertz CT molecular complexity index is 1770. The van der Waals surface area contributed by atoms with Crippen LogP contribution in [0, 0.1) is 0 Å². The van der Waals surface area contributed by atoms with Crippen LogP contribution in [0.15, 0.2) is 108 Å². The summed E-state index contributed by atoms with van der Waals surface area (Å²) in [4.78, 5) is 26.4. The van der Waals surface area contributed by atoms with Crippen molar-refractivity contribution in [3.8, 4) is 17.2 Å². The summed E-state index contributed by atoms with van der Waals surface area (Å²) < 4.78 is 7.48. The molecule has 6 rings (SSSR count). The molecule has 0 atom stereocenters. The second-order valence-corrected chi connectivity index (χ2v) is 10.3. The summed E-state index contributed by atoms with van der Waals surface area (Å²) in [5, 5.41) is 11.0. The zero-order chi connectivity index (χ0) is 28.2. The average molecular weight is 563 g/mol. The van der Waals surface area contributed by atoms with Crippen LogP contribution >= 0.6 is 11.6 Å². The van der Waals surface area contributed by atoms with Crippen LogP contribution in [0.5, 0.6) is 11.5 Å². The minimum Gasteiger partial charge on any atom is -0.453 e. The third kappa shape index (κ3) is 6.00. The summed E-state index contributed by atoms with van der Waals surface area (Å²) in [7, 11) is 0. The van der Waals surface area contributed by atoms with Gasteiger partial charge in [0, 0.05) is 22.8 Å². The number of hydrogen-bond donors (Lipinski definition) is 2. The maximum atomic E-state index is 13.7. The molecule has 1 amide bonds. The van der Waals surface area contributed by atoms with Crippen molar-refractivity contribution in [3.05, 3.63) is 141 Å². The van der Waals surface area contributed by atoms with Crippen LogP contribution in [-0.2, 0) is 19.4 Å². The summed E-state index contributed by atoms with van der Waals surface area (Å²) in [6.45, 7) is 0.434. The van der Waals surface area contributed by atoms with Gasteiger partial charge in [-0.25, -0.2) is 0 Å². The third-order valence-electron chi connectivity index (χ3n) is 7.01. The molecule has 41 heavy (non-hydrogen) atoms. The molecule has 4 aromatic carbocycles. The fourth-order valence-corrected chi connectivity index (χ4v) is 5.08. The van der Waals surface area contributed by atoms with Crippen LogP contribution in [0.25, 0.3) is 5.69 Å². The number of aryl methyl sites for hydroxylation is 2. The van der Waals surface area contributed by atoms with Crippen molar-refractivity contribution in [2.24, 2.45) is 0 Å². The molecule has 7 nitrogen and oxygen atoms in total. The van der Waals surface area contributed by atoms with Crippen molar-refractivity contribution < 1.29 is 9.53 Å². The zero-order valence-corrected chi connectivity index (χ0v) is 22.9. The van der Waals surface area contributed by atoms with Crippen LogP contribution in [0.4, 0.5) is 11.4 Å². The molecule has 204 valence electrons. The SMILES string of the molecule is O=C(NCc1ccccc1)c1ccc(Nc2c(Oc3ccc4c(c3)CCC4)cnn(-c3cccc(Cl)c3)c2=O)cc1. The Balaban J connectivity index is 1.28. The Hall–Kier alpha value is -4.88. The highest BCUT2D eigenvalue weighted by molar-refractivity contribution is 6.30. The van der Waals surface area contributed by atoms with Crippen molar-refractivity contribution in [1.82, 2.24) is 15.1 Å². The molecule has 0 saturated heterocycles. The van der Waals surface area contributed by atoms with E-state index in [2.05, 4.69) is 21.8 Å². The first-order valence-corrected chi connectivity index (χ1v) is 13.8. The number of anilines is 2. The minimum atomic E-state index is -0.407. The first kappa shape index (κ1) is 26.3. The number of rotatable bonds is 8. The summed E-state index contributed by atoms with van der Waals surface area (Å²) in [5.74, 6) is 0.741. The predicted octanol–water partition coefficient (Wildman–Crippen LogP) is 6.84. The smallest absolute Gasteiger partial charge is 0.299 e. The van der Waals surface area contributed by atoms with Crippen molar-refractivity contribution in [1.29, 1.82) is 0 Å². The number of carbonyl (C=O) groups excluding carboxylic acids is 1. The monoisotopic (exact) mass is 562 g/mol. The van der Waals surface area contributed by atoms with E-state index in [9.17, 15) is 9.59 Å². The van der Waals surface area contributed by atoms with Gasteiger partial charge in [0.05, 0.1) is 11.9 Å². The van der Waals surface area contributed by atoms with Crippen molar-refractivity contribution in [2.45, 2.75) is 25.8 Å². The van der Waals surface area contributed by atoms with Gasteiger partial charge >= 0.3 is 0 Å². The standard InChI is InChI=1S/C33H27ClN4O3/c34-26-10-5-11-28(19-26)38-33(40)31(30(21-36-38)41-29-17-14-23-8-4-9-25(23)18-29)37-27-15-12-24(13-16-27)32(39)35-20-22-6-2-1-3-7-22/h1-3,5-7,10-19,21,37H,4,8-9,20H2,(H,35,39). The first-order valence-electron chi connectivity index (χ1n) is 13.4. The molecule has 2 N–H and O–H groups in total. The van der Waals surface area contributed by atoms with Gasteiger partial charge in [-0.05, 0) is 90.6 Å². The summed E-state index contributed by atoms with van der Waals surface area (Å²) in [5.41, 5.74) is 5.06. The van der Waals surface area contributed by atoms with E-state index in [4.69, 9.17) is 16.3 Å². The summed E-state index contributed by atoms with van der Waals surface area (Å²) in [6.07, 6.45) is 4.73. The van der Waals surface area contributed by atoms with Gasteiger partial charge in [-0.15, -0.1) is 0 Å². The second-order valence-electron chi connectivity index (χ2n) is 9.84. The van der Waals surface area contributed by atoms with Crippen LogP contribution in [-0.4, -0.2) is 15.7 Å². The number of nitrogens with zero attached hydrogens (tertiary/aromatic N) is 2. The number of nitrogens with one attached hydrogen (secondary N) is 2. The highest BCUT2D eigenvalue weighted by Gasteiger charge is 2.18. The van der Waals surface area contributed by atoms with E-state index in [-0.39, 0.29) is 17.3 Å². The van der Waals surface area contributed by atoms with E-state index in [1.54, 1.807) is 48.5 Å². The Morgan fingerprint density at radius 2 is 1.71 bits per heavy atom. The number of carbonyl (C=O) groups is 1. The van der Waals surface area contributed by atoms with Crippen molar-refractivity contribution in [3.63, 3.8) is 0 Å². The Morgan fingerprint density at radius 3 is 2.51 bits per heavy atom. The Kier molecular flexibility index (Phi) is 7.52. The van der Waals surface area contributed by atoms with E-state index in [0.29, 0.717) is 34.3 Å². The Labute approximate surface area is 242 Å². The van der Waals surface area contributed by atoms with Crippen molar-refractivity contribution in [2.75, 3.05) is 5.32 Å². The molecule has 1 aliphatic rings. The molecule has 0 bridgehead atoms. The van der Waals surface area contributed by atoms with E-state index in [1.165, 1.54) is 22.0 Å². The quantitative estimate of drug-likeness (QED) is 0.216. The zero-order valence-electron chi connectivity index (χ0n) is 22.1. The molecule has 8 heteroatoms. The number of ether oxygens (including phenoxy) is 1. The van der Waals surface area contributed by atoms with Gasteiger partial charge in [-0.2, -0.15) is 9.78 Å². The van der Waals surface area contributed by atoms with E-state index < -0.39 is 5.56 Å². The molecule has 0 radical (unpaired) electrons. The van der Waals surface area contributed by atoms with Crippen LogP contribution in [0.2, 0.25) is 5.02 Å². The maximum absolute atomic E-state index is 13.7. The van der Waals surface area contributed by atoms with Crippen LogP contribution in [0.1, 0.15) is 33.5 Å². The van der Waals surface area contributed by atoms with Gasteiger partial charge < -0.3 is 15.4 Å². The molecular weight excluding hydrogens is 536 g/mol. The number of fused-ring (bicyclic) bond motifs is 1. The lowest BCUT2D eigenvalue weighted by molar-refractivity contribution is 0.0951. The topological polar surface area (TPSA) is 85.2 Å². The Morgan fingerprint density at radius 1 is 0.902 bits per heavy atom. The maximum Gasteiger partial charge on any atom is 0.299 e. The molecular formula is C33H27ClN4O3. The molecule has 0 saturated carbocycles. The summed E-state index contributed by atoms with van der Waals surface area (Å²) in [6, 6.07) is 29.6. The lowest BCUT2D eigenvalue weighted by Crippen LogP contribution is -2.24. The van der Waals surface area contributed by atoms with Crippen LogP contribution in [0.3, 0.4) is 0 Å². The third-order valence-corrected chi connectivity index (χ3v) is 7.24. The molecule has 1 heterocycles. The highest BCUT2D eigenvalue weighted by atomic mass is 35.5. The average Bonchev–Trinajstić information content (AvgIpc) is 3.47. The first-order chi connectivity index (χ1) is 20.0. The predicted molar refractivity (Wildman–Crippen MR) is 161 cm³/mol. The van der Waals surface area contributed by atoms with E-state index >= 15 is 0 Å². The molecule has 1 aromatic heterocycles. The molecule has 0 fully saturated rings. The number of halogens is 1. The minimum absolute atomic E-state index is 0.187. The number of aromatic nitrogens is 2. The lowest BCUT2D eigenvalue weighted by Gasteiger charge is -2.15. The van der Waals surface area contributed by atoms with E-state index in [1.807, 2.05) is 42.5 Å². The number of benzene rings is 4. The normalized spacial score (nSPS) is 12.0. The molecule has 5 aromatic rings. The fraction of sp³-hybridized carbons (Fsp3) is 0.121. The van der Waals surface area contributed by atoms with E-state index in [0.717, 1.165) is 24.8 Å². The molecule has 0 spiro atoms. The molecule has 0 aliphatic heterocycles. The van der Waals surface area contributed by atoms with Gasteiger partial charge in [0.1, 0.15) is 5.75 Å². The van der Waals surface area contributed by atoms with Gasteiger partial charge in [-0.3, -0.25) is 9.59 Å². The highest BCUT2D eigenvalue weighted by Crippen LogP contribution is 2.32. The van der Waals surface area contributed by atoms with Gasteiger partial charge in [0.2, 0.25) is 0 Å². The second kappa shape index (κ2) is 11.7. The van der Waals surface area contributed by atoms with Crippen LogP contribution < -0.4 is 20.9 Å². The number of amides is 1. The lowest BCUT2D eigenvalue weighted by atomic mass is 10.1. The van der Waals surface area contributed by atoms with Crippen molar-refractivity contribution >= 4 is 28.9 Å². The largest absolute Gasteiger partial charge is 0.453 e. The number of hydrogen-bond acceptors (Lipinski definition) is 5. The fourth-order valence-electron chi connectivity index (χ4n) is 4.89. The van der Waals surface area contributed by atoms with Gasteiger partial charge in [-0.1, -0.05) is 54.1 Å². The molecule has 0 unspecified atom stereocenters.